The number of nitrogens with zero attached hydrogens (tertiary/aromatic N) is 1. The van der Waals surface area contributed by atoms with E-state index in [-0.39, 0.29) is 0 Å². The van der Waals surface area contributed by atoms with Crippen molar-refractivity contribution >= 4 is 0 Å². The normalized spacial score (nSPS) is 24.9. The Morgan fingerprint density at radius 2 is 2.06 bits per heavy atom. The highest BCUT2D eigenvalue weighted by Gasteiger charge is 2.26. The van der Waals surface area contributed by atoms with Crippen molar-refractivity contribution in [2.45, 2.75) is 38.5 Å². The van der Waals surface area contributed by atoms with Crippen LogP contribution in [-0.4, -0.2) is 24.5 Å². The van der Waals surface area contributed by atoms with Crippen molar-refractivity contribution in [1.82, 2.24) is 4.90 Å². The van der Waals surface area contributed by atoms with E-state index in [2.05, 4.69) is 30.0 Å². The summed E-state index contributed by atoms with van der Waals surface area (Å²) in [5, 5.41) is 0. The third-order valence-electron chi connectivity index (χ3n) is 4.32. The molecule has 0 saturated heterocycles. The van der Waals surface area contributed by atoms with Crippen LogP contribution in [-0.2, 0) is 12.8 Å². The van der Waals surface area contributed by atoms with E-state index in [0.29, 0.717) is 0 Å². The molecule has 0 amide bonds. The quantitative estimate of drug-likeness (QED) is 0.696. The lowest BCUT2D eigenvalue weighted by atomic mass is 9.80. The summed E-state index contributed by atoms with van der Waals surface area (Å²) in [7, 11) is 0. The van der Waals surface area contributed by atoms with E-state index in [4.69, 9.17) is 0 Å². The highest BCUT2D eigenvalue weighted by Crippen LogP contribution is 2.36. The van der Waals surface area contributed by atoms with E-state index < -0.39 is 0 Å². The molecule has 16 heavy (non-hydrogen) atoms. The fraction of sp³-hybridized carbons (Fsp3) is 0.600. The van der Waals surface area contributed by atoms with Gasteiger partial charge in [-0.2, -0.15) is 0 Å². The molecule has 1 heterocycles. The monoisotopic (exact) mass is 215 g/mol. The summed E-state index contributed by atoms with van der Waals surface area (Å²) in [6.45, 7) is 6.05. The summed E-state index contributed by atoms with van der Waals surface area (Å²) in [4.78, 5) is 2.62. The van der Waals surface area contributed by atoms with Crippen molar-refractivity contribution in [2.24, 2.45) is 0 Å². The van der Waals surface area contributed by atoms with Crippen LogP contribution in [0.1, 0.15) is 42.4 Å². The Morgan fingerprint density at radius 1 is 1.25 bits per heavy atom. The highest BCUT2D eigenvalue weighted by molar-refractivity contribution is 5.41. The van der Waals surface area contributed by atoms with Crippen LogP contribution in [0.4, 0.5) is 0 Å². The molecular weight excluding hydrogens is 194 g/mol. The zero-order valence-corrected chi connectivity index (χ0v) is 10.2. The second-order valence-electron chi connectivity index (χ2n) is 5.22. The summed E-state index contributed by atoms with van der Waals surface area (Å²) < 4.78 is 0. The van der Waals surface area contributed by atoms with Crippen LogP contribution in [0.2, 0.25) is 0 Å². The molecule has 0 bridgehead atoms. The van der Waals surface area contributed by atoms with Gasteiger partial charge in [-0.1, -0.05) is 25.1 Å². The largest absolute Gasteiger partial charge is 0.303 e. The summed E-state index contributed by atoms with van der Waals surface area (Å²) in [6, 6.07) is 6.97. The van der Waals surface area contributed by atoms with Gasteiger partial charge >= 0.3 is 0 Å². The second-order valence-corrected chi connectivity index (χ2v) is 5.22. The second kappa shape index (κ2) is 4.21. The van der Waals surface area contributed by atoms with Gasteiger partial charge in [0.2, 0.25) is 0 Å². The van der Waals surface area contributed by atoms with Gasteiger partial charge in [-0.3, -0.25) is 0 Å². The standard InChI is InChI=1S/C15H21N/c1-2-16-10-9-13-7-3-5-12-6-4-8-14(11-16)15(12)13/h3,5,7,14H,2,4,6,8-11H2,1H3/t14-/m0/s1. The molecule has 1 aromatic rings. The van der Waals surface area contributed by atoms with E-state index in [9.17, 15) is 0 Å². The first kappa shape index (κ1) is 10.3. The van der Waals surface area contributed by atoms with E-state index in [1.807, 2.05) is 0 Å². The molecule has 3 rings (SSSR count). The van der Waals surface area contributed by atoms with Crippen LogP contribution < -0.4 is 0 Å². The van der Waals surface area contributed by atoms with Gasteiger partial charge in [0.15, 0.2) is 0 Å². The number of likely N-dealkylation sites (N-methyl/N-ethyl adjacent to an activating group) is 1. The van der Waals surface area contributed by atoms with Gasteiger partial charge in [0.1, 0.15) is 0 Å². The van der Waals surface area contributed by atoms with Crippen molar-refractivity contribution in [3.05, 3.63) is 34.9 Å². The molecule has 1 aromatic carbocycles. The Labute approximate surface area is 98.5 Å². The Morgan fingerprint density at radius 3 is 2.88 bits per heavy atom. The van der Waals surface area contributed by atoms with Gasteiger partial charge in [0, 0.05) is 13.1 Å². The molecule has 0 unspecified atom stereocenters. The summed E-state index contributed by atoms with van der Waals surface area (Å²) in [5.74, 6) is 0.822. The zero-order chi connectivity index (χ0) is 11.0. The molecule has 2 aliphatic rings. The van der Waals surface area contributed by atoms with Crippen LogP contribution in [0.5, 0.6) is 0 Å². The fourth-order valence-electron chi connectivity index (χ4n) is 3.46. The smallest absolute Gasteiger partial charge is 0.00505 e. The Bertz CT molecular complexity index is 383. The Hall–Kier alpha value is -0.820. The van der Waals surface area contributed by atoms with Gasteiger partial charge in [-0.15, -0.1) is 0 Å². The van der Waals surface area contributed by atoms with Crippen molar-refractivity contribution in [1.29, 1.82) is 0 Å². The Balaban J connectivity index is 2.02. The van der Waals surface area contributed by atoms with Gasteiger partial charge in [-0.05, 0) is 54.8 Å². The lowest BCUT2D eigenvalue weighted by Crippen LogP contribution is -2.29. The third-order valence-corrected chi connectivity index (χ3v) is 4.32. The molecule has 1 aliphatic heterocycles. The molecule has 0 N–H and O–H groups in total. The molecule has 0 saturated carbocycles. The van der Waals surface area contributed by atoms with Gasteiger partial charge in [0.25, 0.3) is 0 Å². The van der Waals surface area contributed by atoms with Crippen molar-refractivity contribution in [3.63, 3.8) is 0 Å². The molecule has 1 nitrogen and oxygen atoms in total. The first-order valence-corrected chi connectivity index (χ1v) is 6.71. The minimum absolute atomic E-state index is 0.822. The average molecular weight is 215 g/mol. The predicted octanol–water partition coefficient (Wildman–Crippen LogP) is 2.98. The lowest BCUT2D eigenvalue weighted by Gasteiger charge is -2.28. The number of hydrogen-bond donors (Lipinski definition) is 0. The fourth-order valence-corrected chi connectivity index (χ4v) is 3.46. The van der Waals surface area contributed by atoms with E-state index in [1.165, 1.54) is 45.3 Å². The molecule has 0 radical (unpaired) electrons. The average Bonchev–Trinajstić information content (AvgIpc) is 2.51. The molecule has 0 fully saturated rings. The molecule has 0 spiro atoms. The maximum atomic E-state index is 2.62. The van der Waals surface area contributed by atoms with E-state index in [1.54, 1.807) is 16.7 Å². The number of rotatable bonds is 1. The highest BCUT2D eigenvalue weighted by atomic mass is 15.1. The van der Waals surface area contributed by atoms with Gasteiger partial charge in [-0.25, -0.2) is 0 Å². The zero-order valence-electron chi connectivity index (χ0n) is 10.2. The summed E-state index contributed by atoms with van der Waals surface area (Å²) in [5.41, 5.74) is 5.01. The third kappa shape index (κ3) is 1.67. The predicted molar refractivity (Wildman–Crippen MR) is 67.9 cm³/mol. The molecule has 1 heteroatoms. The van der Waals surface area contributed by atoms with Crippen LogP contribution >= 0.6 is 0 Å². The first-order chi connectivity index (χ1) is 7.88. The molecule has 1 atom stereocenters. The Kier molecular flexibility index (Phi) is 2.72. The molecular formula is C15H21N. The maximum Gasteiger partial charge on any atom is 0.00505 e. The topological polar surface area (TPSA) is 3.24 Å². The number of hydrogen-bond acceptors (Lipinski definition) is 1. The maximum absolute atomic E-state index is 2.62. The van der Waals surface area contributed by atoms with Crippen LogP contribution in [0, 0.1) is 0 Å². The minimum Gasteiger partial charge on any atom is -0.303 e. The lowest BCUT2D eigenvalue weighted by molar-refractivity contribution is 0.273. The van der Waals surface area contributed by atoms with Crippen molar-refractivity contribution in [3.8, 4) is 0 Å². The molecule has 1 aliphatic carbocycles. The summed E-state index contributed by atoms with van der Waals surface area (Å²) >= 11 is 0. The van der Waals surface area contributed by atoms with Crippen molar-refractivity contribution < 1.29 is 0 Å². The van der Waals surface area contributed by atoms with Gasteiger partial charge in [0.05, 0.1) is 0 Å². The van der Waals surface area contributed by atoms with E-state index in [0.717, 1.165) is 5.92 Å². The molecule has 0 aromatic heterocycles. The number of benzene rings is 1. The minimum atomic E-state index is 0.822. The first-order valence-electron chi connectivity index (χ1n) is 6.71. The van der Waals surface area contributed by atoms with Crippen molar-refractivity contribution in [2.75, 3.05) is 19.6 Å². The van der Waals surface area contributed by atoms with Gasteiger partial charge < -0.3 is 4.90 Å². The SMILES string of the molecule is CCN1CCc2cccc3c2[C@@H](CCC3)C1. The number of aryl methyl sites for hydroxylation is 1. The van der Waals surface area contributed by atoms with Crippen LogP contribution in [0.3, 0.4) is 0 Å². The molecule has 86 valence electrons. The summed E-state index contributed by atoms with van der Waals surface area (Å²) in [6.07, 6.45) is 5.36. The van der Waals surface area contributed by atoms with Crippen LogP contribution in [0.15, 0.2) is 18.2 Å². The van der Waals surface area contributed by atoms with Crippen LogP contribution in [0.25, 0.3) is 0 Å². The van der Waals surface area contributed by atoms with E-state index >= 15 is 0 Å².